The molecule has 2 aromatic carbocycles. The number of amides is 1. The Kier molecular flexibility index (Phi) is 5.85. The Balaban J connectivity index is 1.47. The van der Waals surface area contributed by atoms with E-state index in [1.807, 2.05) is 0 Å². The zero-order valence-corrected chi connectivity index (χ0v) is 19.3. The Morgan fingerprint density at radius 1 is 1.03 bits per heavy atom. The number of aromatic nitrogens is 2. The van der Waals surface area contributed by atoms with Gasteiger partial charge in [-0.15, -0.1) is 0 Å². The Morgan fingerprint density at radius 2 is 1.82 bits per heavy atom. The monoisotopic (exact) mass is 519 g/mol. The van der Waals surface area contributed by atoms with Gasteiger partial charge in [0.2, 0.25) is 12.7 Å². The molecule has 0 aliphatic carbocycles. The lowest BCUT2D eigenvalue weighted by molar-refractivity contribution is -0.118. The van der Waals surface area contributed by atoms with Gasteiger partial charge in [-0.25, -0.2) is 4.98 Å². The predicted molar refractivity (Wildman–Crippen MR) is 128 cm³/mol. The third-order valence-electron chi connectivity index (χ3n) is 5.42. The molecule has 0 unspecified atom stereocenters. The van der Waals surface area contributed by atoms with E-state index < -0.39 is 11.8 Å². The first-order chi connectivity index (χ1) is 16.5. The molecule has 4 aromatic rings. The van der Waals surface area contributed by atoms with E-state index in [0.29, 0.717) is 34.1 Å². The number of anilines is 1. The molecule has 0 bridgehead atoms. The van der Waals surface area contributed by atoms with E-state index >= 15 is 0 Å². The molecule has 0 radical (unpaired) electrons. The van der Waals surface area contributed by atoms with Crippen LogP contribution >= 0.6 is 15.9 Å². The number of benzene rings is 2. The number of nitrogens with zero attached hydrogens (tertiary/aromatic N) is 2. The molecule has 1 atom stereocenters. The zero-order chi connectivity index (χ0) is 23.7. The molecule has 8 nitrogen and oxygen atoms in total. The van der Waals surface area contributed by atoms with E-state index in [4.69, 9.17) is 9.47 Å². The van der Waals surface area contributed by atoms with Crippen LogP contribution in [0.5, 0.6) is 11.5 Å². The Bertz CT molecular complexity index is 1470. The number of hydrogen-bond acceptors (Lipinski definition) is 6. The van der Waals surface area contributed by atoms with Gasteiger partial charge in [-0.3, -0.25) is 18.8 Å². The molecule has 2 aromatic heterocycles. The third kappa shape index (κ3) is 4.42. The number of hydrogen-bond donors (Lipinski definition) is 1. The fourth-order valence-corrected chi connectivity index (χ4v) is 4.09. The van der Waals surface area contributed by atoms with Crippen LogP contribution in [-0.4, -0.2) is 27.9 Å². The molecule has 9 heteroatoms. The van der Waals surface area contributed by atoms with Gasteiger partial charge < -0.3 is 14.8 Å². The van der Waals surface area contributed by atoms with Crippen molar-refractivity contribution < 1.29 is 19.1 Å². The van der Waals surface area contributed by atoms with Crippen molar-refractivity contribution in [1.29, 1.82) is 0 Å². The molecular weight excluding hydrogens is 502 g/mol. The number of ether oxygens (including phenoxy) is 2. The number of ketones is 1. The summed E-state index contributed by atoms with van der Waals surface area (Å²) >= 11 is 3.34. The molecule has 34 heavy (non-hydrogen) atoms. The summed E-state index contributed by atoms with van der Waals surface area (Å²) in [5.41, 5.74) is 1.34. The maximum absolute atomic E-state index is 13.3. The lowest BCUT2D eigenvalue weighted by Crippen LogP contribution is -2.32. The minimum Gasteiger partial charge on any atom is -0.454 e. The maximum atomic E-state index is 13.3. The molecule has 0 saturated heterocycles. The maximum Gasteiger partial charge on any atom is 0.258 e. The zero-order valence-electron chi connectivity index (χ0n) is 17.7. The molecule has 0 spiro atoms. The van der Waals surface area contributed by atoms with Crippen LogP contribution in [0.15, 0.2) is 82.2 Å². The number of halogens is 1. The normalized spacial score (nSPS) is 13.0. The van der Waals surface area contributed by atoms with Gasteiger partial charge in [-0.2, -0.15) is 0 Å². The Hall–Kier alpha value is -3.98. The quantitative estimate of drug-likeness (QED) is 0.306. The van der Waals surface area contributed by atoms with Crippen LogP contribution in [0.25, 0.3) is 5.65 Å². The van der Waals surface area contributed by atoms with Crippen LogP contribution in [0.4, 0.5) is 5.69 Å². The predicted octanol–water partition coefficient (Wildman–Crippen LogP) is 3.87. The number of fused-ring (bicyclic) bond motifs is 2. The van der Waals surface area contributed by atoms with Crippen LogP contribution < -0.4 is 20.3 Å². The van der Waals surface area contributed by atoms with Crippen molar-refractivity contribution in [2.24, 2.45) is 5.92 Å². The minimum atomic E-state index is -1.10. The van der Waals surface area contributed by atoms with Crippen LogP contribution in [0, 0.1) is 5.92 Å². The fourth-order valence-electron chi connectivity index (χ4n) is 3.75. The van der Waals surface area contributed by atoms with Crippen LogP contribution in [0.2, 0.25) is 0 Å². The molecule has 1 aliphatic heterocycles. The number of carbonyl (C=O) groups is 2. The van der Waals surface area contributed by atoms with Crippen molar-refractivity contribution in [3.05, 3.63) is 99.0 Å². The molecule has 0 saturated carbocycles. The lowest BCUT2D eigenvalue weighted by Gasteiger charge is -2.16. The first-order valence-electron chi connectivity index (χ1n) is 10.5. The van der Waals surface area contributed by atoms with E-state index in [0.717, 1.165) is 4.47 Å². The molecule has 1 aliphatic rings. The van der Waals surface area contributed by atoms with Crippen LogP contribution in [-0.2, 0) is 11.2 Å². The summed E-state index contributed by atoms with van der Waals surface area (Å²) in [7, 11) is 0. The summed E-state index contributed by atoms with van der Waals surface area (Å²) in [4.78, 5) is 43.8. The average molecular weight is 520 g/mol. The number of rotatable bonds is 6. The van der Waals surface area contributed by atoms with Crippen molar-refractivity contribution in [1.82, 2.24) is 9.38 Å². The van der Waals surface area contributed by atoms with E-state index in [1.165, 1.54) is 10.5 Å². The van der Waals surface area contributed by atoms with Gasteiger partial charge in [0.05, 0.1) is 0 Å². The van der Waals surface area contributed by atoms with Crippen molar-refractivity contribution >= 4 is 39.0 Å². The van der Waals surface area contributed by atoms with Crippen molar-refractivity contribution in [2.45, 2.75) is 6.42 Å². The summed E-state index contributed by atoms with van der Waals surface area (Å²) in [6.07, 6.45) is 1.58. The number of carbonyl (C=O) groups excluding carboxylic acids is 2. The first-order valence-corrected chi connectivity index (χ1v) is 11.2. The van der Waals surface area contributed by atoms with Gasteiger partial charge in [0.15, 0.2) is 17.3 Å². The van der Waals surface area contributed by atoms with Crippen molar-refractivity contribution in [2.75, 3.05) is 12.1 Å². The fraction of sp³-hybridized carbons (Fsp3) is 0.120. The second-order valence-electron chi connectivity index (χ2n) is 7.71. The average Bonchev–Trinajstić information content (AvgIpc) is 3.31. The summed E-state index contributed by atoms with van der Waals surface area (Å²) in [6.45, 7) is 0.113. The second-order valence-corrected chi connectivity index (χ2v) is 8.62. The highest BCUT2D eigenvalue weighted by atomic mass is 79.9. The van der Waals surface area contributed by atoms with Gasteiger partial charge in [-0.05, 0) is 40.2 Å². The number of Topliss-reactive ketones (excluding diaryl/α,β-unsaturated/α-hetero) is 1. The highest BCUT2D eigenvalue weighted by Gasteiger charge is 2.29. The molecule has 1 amide bonds. The summed E-state index contributed by atoms with van der Waals surface area (Å²) < 4.78 is 12.8. The SMILES string of the molecule is O=C(Nc1ccc2c(c1)OCO2)[C@H](Cc1cc(=O)n2cc(Br)ccc2n1)C(=O)c1ccccc1. The van der Waals surface area contributed by atoms with Gasteiger partial charge in [-0.1, -0.05) is 30.3 Å². The highest BCUT2D eigenvalue weighted by molar-refractivity contribution is 9.10. The Labute approximate surface area is 202 Å². The Morgan fingerprint density at radius 3 is 2.65 bits per heavy atom. The lowest BCUT2D eigenvalue weighted by atomic mass is 9.92. The third-order valence-corrected chi connectivity index (χ3v) is 5.89. The van der Waals surface area contributed by atoms with E-state index in [9.17, 15) is 14.4 Å². The van der Waals surface area contributed by atoms with Crippen LogP contribution in [0.3, 0.4) is 0 Å². The largest absolute Gasteiger partial charge is 0.454 e. The molecule has 3 heterocycles. The van der Waals surface area contributed by atoms with Gasteiger partial charge in [0, 0.05) is 46.2 Å². The first kappa shape index (κ1) is 21.8. The summed E-state index contributed by atoms with van der Waals surface area (Å²) in [6, 6.07) is 18.4. The molecule has 170 valence electrons. The molecule has 1 N–H and O–H groups in total. The van der Waals surface area contributed by atoms with Gasteiger partial charge in [0.1, 0.15) is 11.6 Å². The van der Waals surface area contributed by atoms with Gasteiger partial charge in [0.25, 0.3) is 5.56 Å². The standard InChI is InChI=1S/C25H18BrN3O5/c26-16-6-9-22-27-18(12-23(30)29(22)13-16)10-19(24(31)15-4-2-1-3-5-15)25(32)28-17-7-8-20-21(11-17)34-14-33-20/h1-9,11-13,19H,10,14H2,(H,28,32)/t19-/m1/s1. The van der Waals surface area contributed by atoms with Gasteiger partial charge >= 0.3 is 0 Å². The molecule has 0 fully saturated rings. The van der Waals surface area contributed by atoms with E-state index in [2.05, 4.69) is 26.2 Å². The summed E-state index contributed by atoms with van der Waals surface area (Å²) in [5.74, 6) is -0.874. The van der Waals surface area contributed by atoms with Crippen molar-refractivity contribution in [3.8, 4) is 11.5 Å². The van der Waals surface area contributed by atoms with Crippen molar-refractivity contribution in [3.63, 3.8) is 0 Å². The van der Waals surface area contributed by atoms with Crippen LogP contribution in [0.1, 0.15) is 16.1 Å². The minimum absolute atomic E-state index is 0.0358. The highest BCUT2D eigenvalue weighted by Crippen LogP contribution is 2.34. The summed E-state index contributed by atoms with van der Waals surface area (Å²) in [5, 5.41) is 2.79. The molecule has 5 rings (SSSR count). The number of nitrogens with one attached hydrogen (secondary N) is 1. The molecular formula is C25H18BrN3O5. The van der Waals surface area contributed by atoms with E-state index in [-0.39, 0.29) is 24.6 Å². The second kappa shape index (κ2) is 9.11. The topological polar surface area (TPSA) is 99.0 Å². The smallest absolute Gasteiger partial charge is 0.258 e. The number of pyridine rings is 1. The van der Waals surface area contributed by atoms with E-state index in [1.54, 1.807) is 66.9 Å².